The van der Waals surface area contributed by atoms with Gasteiger partial charge in [-0.1, -0.05) is 50.2 Å². The number of halogens is 2. The zero-order valence-corrected chi connectivity index (χ0v) is 12.5. The summed E-state index contributed by atoms with van der Waals surface area (Å²) < 4.78 is 0. The number of aldehydes is 1. The number of benzene rings is 1. The van der Waals surface area contributed by atoms with E-state index in [0.717, 1.165) is 6.29 Å². The molecule has 0 aliphatic heterocycles. The van der Waals surface area contributed by atoms with Gasteiger partial charge in [-0.3, -0.25) is 0 Å². The van der Waals surface area contributed by atoms with Crippen molar-refractivity contribution in [3.63, 3.8) is 0 Å². The minimum atomic E-state index is 0.750. The van der Waals surface area contributed by atoms with Crippen LogP contribution in [0.2, 0.25) is 0 Å². The van der Waals surface area contributed by atoms with E-state index in [1.807, 2.05) is 50.2 Å². The number of carbonyl (C=O) groups excluding carboxylic acids is 1. The smallest absolute Gasteiger partial charge is 0.116 e. The Morgan fingerprint density at radius 2 is 0.923 bits per heavy atom. The summed E-state index contributed by atoms with van der Waals surface area (Å²) in [6.07, 6.45) is 0.750. The van der Waals surface area contributed by atoms with Crippen molar-refractivity contribution in [2.45, 2.75) is 20.8 Å². The number of rotatable bonds is 0. The molecule has 1 nitrogen and oxygen atoms in total. The van der Waals surface area contributed by atoms with Crippen LogP contribution < -0.4 is 0 Å². The molecule has 0 aliphatic carbocycles. The summed E-state index contributed by atoms with van der Waals surface area (Å²) >= 11 is 4.24. The quantitative estimate of drug-likeness (QED) is 0.452. The van der Waals surface area contributed by atoms with Gasteiger partial charge in [0.2, 0.25) is 0 Å². The average molecular weight is 406 g/mol. The van der Waals surface area contributed by atoms with Gasteiger partial charge < -0.3 is 4.79 Å². The molecule has 0 spiro atoms. The van der Waals surface area contributed by atoms with Crippen molar-refractivity contribution in [3.05, 3.63) is 36.4 Å². The van der Waals surface area contributed by atoms with Crippen molar-refractivity contribution in [2.75, 3.05) is 0 Å². The first-order valence-electron chi connectivity index (χ1n) is 3.96. The van der Waals surface area contributed by atoms with Gasteiger partial charge in [-0.15, -0.1) is 0 Å². The fourth-order valence-electron chi connectivity index (χ4n) is 0.385. The molecule has 0 radical (unpaired) electrons. The van der Waals surface area contributed by atoms with Crippen molar-refractivity contribution in [3.8, 4) is 0 Å². The maximum absolute atomic E-state index is 8.81. The molecule has 0 saturated heterocycles. The molecule has 0 saturated carbocycles. The van der Waals surface area contributed by atoms with Crippen LogP contribution >= 0.6 is 37.2 Å². The Bertz CT molecular complexity index is 116. The topological polar surface area (TPSA) is 17.1 Å². The second-order valence-electron chi connectivity index (χ2n) is 1.39. The van der Waals surface area contributed by atoms with E-state index in [1.54, 1.807) is 0 Å². The summed E-state index contributed by atoms with van der Waals surface area (Å²) in [4.78, 5) is 8.81. The molecule has 0 amide bonds. The monoisotopic (exact) mass is 406 g/mol. The average Bonchev–Trinajstić information content (AvgIpc) is 2.27. The van der Waals surface area contributed by atoms with Gasteiger partial charge in [-0.2, -0.15) is 0 Å². The van der Waals surface area contributed by atoms with Gasteiger partial charge in [-0.05, 0) is 6.92 Å². The summed E-state index contributed by atoms with van der Waals surface area (Å²) in [6, 6.07) is 12.0. The zero-order chi connectivity index (χ0) is 10.9. The Hall–Kier alpha value is 0.350. The lowest BCUT2D eigenvalue weighted by Crippen LogP contribution is -1.47. The highest BCUT2D eigenvalue weighted by Gasteiger charge is 1.57. The molecule has 0 atom stereocenters. The maximum Gasteiger partial charge on any atom is 0.116 e. The minimum absolute atomic E-state index is 0.750. The number of carbonyl (C=O) groups is 1. The van der Waals surface area contributed by atoms with Gasteiger partial charge in [0.15, 0.2) is 0 Å². The minimum Gasteiger partial charge on any atom is -0.304 e. The molecular weight excluding hydrogens is 390 g/mol. The van der Waals surface area contributed by atoms with E-state index in [9.17, 15) is 0 Å². The molecule has 0 bridgehead atoms. The van der Waals surface area contributed by atoms with Crippen LogP contribution in [0.25, 0.3) is 0 Å². The molecule has 0 aromatic heterocycles. The largest absolute Gasteiger partial charge is 0.304 e. The van der Waals surface area contributed by atoms with Crippen LogP contribution in [-0.4, -0.2) is 6.29 Å². The van der Waals surface area contributed by atoms with Gasteiger partial charge >= 0.3 is 0 Å². The molecule has 13 heavy (non-hydrogen) atoms. The highest BCUT2D eigenvalue weighted by atomic mass is 128. The molecule has 1 aromatic carbocycles. The van der Waals surface area contributed by atoms with E-state index in [0.29, 0.717) is 0 Å². The summed E-state index contributed by atoms with van der Waals surface area (Å²) in [6.45, 7) is 5.44. The van der Waals surface area contributed by atoms with Gasteiger partial charge in [0.05, 0.1) is 0 Å². The zero-order valence-electron chi connectivity index (χ0n) is 8.21. The van der Waals surface area contributed by atoms with Crippen LogP contribution in [0.5, 0.6) is 0 Å². The Balaban J connectivity index is -0.000000124. The van der Waals surface area contributed by atoms with Crippen LogP contribution in [0, 0.1) is 0 Å². The summed E-state index contributed by atoms with van der Waals surface area (Å²) in [5.41, 5.74) is 0. The third kappa shape index (κ3) is 32.8. The van der Waals surface area contributed by atoms with Crippen molar-refractivity contribution in [1.82, 2.24) is 0 Å². The van der Waals surface area contributed by atoms with Crippen LogP contribution in [0.4, 0.5) is 0 Å². The van der Waals surface area contributed by atoms with Crippen molar-refractivity contribution >= 4 is 43.5 Å². The van der Waals surface area contributed by atoms with Gasteiger partial charge in [0, 0.05) is 37.2 Å². The maximum atomic E-state index is 8.81. The predicted octanol–water partition coefficient (Wildman–Crippen LogP) is 4.69. The third-order valence-electron chi connectivity index (χ3n) is 0.667. The normalized spacial score (nSPS) is 5.62. The van der Waals surface area contributed by atoms with Crippen LogP contribution in [0.1, 0.15) is 20.8 Å². The van der Waals surface area contributed by atoms with E-state index in [-0.39, 0.29) is 0 Å². The molecular formula is C10H16I2O. The van der Waals surface area contributed by atoms with E-state index in [1.165, 1.54) is 6.92 Å². The Morgan fingerprint density at radius 1 is 0.846 bits per heavy atom. The molecule has 0 fully saturated rings. The van der Waals surface area contributed by atoms with E-state index in [2.05, 4.69) is 37.2 Å². The molecule has 0 heterocycles. The SMILES string of the molecule is CC.CC=O.II.c1ccccc1. The highest BCUT2D eigenvalue weighted by Crippen LogP contribution is 1.89. The lowest BCUT2D eigenvalue weighted by Gasteiger charge is -1.69. The molecule has 0 N–H and O–H groups in total. The van der Waals surface area contributed by atoms with Crippen LogP contribution in [0.3, 0.4) is 0 Å². The summed E-state index contributed by atoms with van der Waals surface area (Å²) in [7, 11) is 0. The number of hydrogen-bond donors (Lipinski definition) is 0. The first-order chi connectivity index (χ1) is 6.41. The second-order valence-corrected chi connectivity index (χ2v) is 1.39. The highest BCUT2D eigenvalue weighted by molar-refractivity contribution is 15.0. The molecule has 1 rings (SSSR count). The fourth-order valence-corrected chi connectivity index (χ4v) is 0.385. The fraction of sp³-hybridized carbons (Fsp3) is 0.300. The van der Waals surface area contributed by atoms with Crippen molar-refractivity contribution < 1.29 is 4.79 Å². The van der Waals surface area contributed by atoms with E-state index < -0.39 is 0 Å². The molecule has 0 unspecified atom stereocenters. The molecule has 3 heteroatoms. The lowest BCUT2D eigenvalue weighted by molar-refractivity contribution is -0.106. The third-order valence-corrected chi connectivity index (χ3v) is 0.667. The standard InChI is InChI=1S/C6H6.C2H4O.C2H6.I2/c1-2-4-6-5-3-1;1-2-3;2*1-2/h1-6H;2H,1H3;1-2H3;. The van der Waals surface area contributed by atoms with Crippen molar-refractivity contribution in [1.29, 1.82) is 0 Å². The molecule has 0 aliphatic rings. The van der Waals surface area contributed by atoms with E-state index in [4.69, 9.17) is 4.79 Å². The van der Waals surface area contributed by atoms with Crippen molar-refractivity contribution in [2.24, 2.45) is 0 Å². The predicted molar refractivity (Wildman–Crippen MR) is 77.6 cm³/mol. The molecule has 76 valence electrons. The Kier molecular flexibility index (Phi) is 43.1. The lowest BCUT2D eigenvalue weighted by atomic mass is 10.4. The van der Waals surface area contributed by atoms with Gasteiger partial charge in [0.25, 0.3) is 0 Å². The first-order valence-corrected chi connectivity index (χ1v) is 10.2. The van der Waals surface area contributed by atoms with Gasteiger partial charge in [-0.25, -0.2) is 0 Å². The van der Waals surface area contributed by atoms with Crippen LogP contribution in [-0.2, 0) is 4.79 Å². The summed E-state index contributed by atoms with van der Waals surface area (Å²) in [5.74, 6) is 0. The number of hydrogen-bond acceptors (Lipinski definition) is 1. The Labute approximate surface area is 105 Å². The van der Waals surface area contributed by atoms with E-state index >= 15 is 0 Å². The first kappa shape index (κ1) is 19.0. The Morgan fingerprint density at radius 3 is 1.00 bits per heavy atom. The van der Waals surface area contributed by atoms with Gasteiger partial charge in [0.1, 0.15) is 6.29 Å². The van der Waals surface area contributed by atoms with Crippen LogP contribution in [0.15, 0.2) is 36.4 Å². The molecule has 1 aromatic rings. The summed E-state index contributed by atoms with van der Waals surface area (Å²) in [5, 5.41) is 0. The second kappa shape index (κ2) is 29.4.